The Kier molecular flexibility index (Phi) is 6.89. The molecule has 4 heterocycles. The number of amides is 1. The van der Waals surface area contributed by atoms with E-state index in [-0.39, 0.29) is 5.91 Å². The molecule has 0 unspecified atom stereocenters. The van der Waals surface area contributed by atoms with Gasteiger partial charge < -0.3 is 21.3 Å². The molecule has 0 bridgehead atoms. The number of nitrogens with zero attached hydrogens (tertiary/aromatic N) is 1. The van der Waals surface area contributed by atoms with Crippen LogP contribution in [0.25, 0.3) is 26.4 Å². The van der Waals surface area contributed by atoms with Gasteiger partial charge in [0.1, 0.15) is 10.0 Å². The standard InChI is InChI=1S/C25H31N5OS2/c1-15(2)28-12-8-22(31)30-25-23(18-7-11-27-14-21(18)33-25)24-29-19-4-3-17(13-20(19)32-24)16-5-9-26-10-6-16/h3-5,13,15,26-28H,6-12,14H2,1-2H3,(H,30,31). The molecule has 5 rings (SSSR count). The van der Waals surface area contributed by atoms with Crippen molar-refractivity contribution in [3.05, 3.63) is 40.3 Å². The molecular weight excluding hydrogens is 450 g/mol. The first-order valence-electron chi connectivity index (χ1n) is 11.8. The fourth-order valence-corrected chi connectivity index (χ4v) is 6.81. The zero-order chi connectivity index (χ0) is 22.8. The van der Waals surface area contributed by atoms with Crippen molar-refractivity contribution in [2.75, 3.05) is 31.5 Å². The third-order valence-corrected chi connectivity index (χ3v) is 8.31. The van der Waals surface area contributed by atoms with E-state index in [1.165, 1.54) is 26.3 Å². The SMILES string of the molecule is CC(C)NCCC(=O)Nc1sc2c(c1-c1nc3ccc(C4=CCNCC4)cc3s1)CCNC2. The highest BCUT2D eigenvalue weighted by atomic mass is 32.1. The number of fused-ring (bicyclic) bond motifs is 2. The van der Waals surface area contributed by atoms with Crippen LogP contribution in [-0.4, -0.2) is 43.1 Å². The minimum Gasteiger partial charge on any atom is -0.317 e. The van der Waals surface area contributed by atoms with Gasteiger partial charge in [0.05, 0.1) is 10.2 Å². The zero-order valence-electron chi connectivity index (χ0n) is 19.2. The summed E-state index contributed by atoms with van der Waals surface area (Å²) in [7, 11) is 0. The molecule has 3 aromatic rings. The van der Waals surface area contributed by atoms with Gasteiger partial charge in [-0.1, -0.05) is 26.0 Å². The highest BCUT2D eigenvalue weighted by molar-refractivity contribution is 7.23. The van der Waals surface area contributed by atoms with E-state index in [1.54, 1.807) is 22.7 Å². The molecule has 2 aromatic heterocycles. The summed E-state index contributed by atoms with van der Waals surface area (Å²) in [6, 6.07) is 7.00. The Morgan fingerprint density at radius 2 is 2.06 bits per heavy atom. The lowest BCUT2D eigenvalue weighted by Crippen LogP contribution is -2.27. The van der Waals surface area contributed by atoms with E-state index in [4.69, 9.17) is 4.98 Å². The Balaban J connectivity index is 1.46. The first-order valence-corrected chi connectivity index (χ1v) is 13.4. The molecule has 1 amide bonds. The van der Waals surface area contributed by atoms with Crippen LogP contribution in [0.2, 0.25) is 0 Å². The van der Waals surface area contributed by atoms with Gasteiger partial charge in [0.2, 0.25) is 5.91 Å². The van der Waals surface area contributed by atoms with E-state index in [1.807, 2.05) is 0 Å². The first kappa shape index (κ1) is 22.7. The smallest absolute Gasteiger partial charge is 0.226 e. The van der Waals surface area contributed by atoms with Crippen LogP contribution in [-0.2, 0) is 17.8 Å². The summed E-state index contributed by atoms with van der Waals surface area (Å²) < 4.78 is 1.20. The molecule has 2 aliphatic heterocycles. The van der Waals surface area contributed by atoms with Crippen LogP contribution in [0.5, 0.6) is 0 Å². The number of aromatic nitrogens is 1. The number of nitrogens with one attached hydrogen (secondary N) is 4. The lowest BCUT2D eigenvalue weighted by atomic mass is 10.0. The van der Waals surface area contributed by atoms with E-state index in [0.717, 1.165) is 60.1 Å². The Bertz CT molecular complexity index is 1190. The maximum absolute atomic E-state index is 12.7. The summed E-state index contributed by atoms with van der Waals surface area (Å²) in [6.07, 6.45) is 4.78. The predicted molar refractivity (Wildman–Crippen MR) is 140 cm³/mol. The molecule has 8 heteroatoms. The number of carbonyl (C=O) groups excluding carboxylic acids is 1. The van der Waals surface area contributed by atoms with Crippen molar-refractivity contribution in [1.82, 2.24) is 20.9 Å². The number of benzene rings is 1. The zero-order valence-corrected chi connectivity index (χ0v) is 20.8. The largest absolute Gasteiger partial charge is 0.317 e. The van der Waals surface area contributed by atoms with Gasteiger partial charge >= 0.3 is 0 Å². The van der Waals surface area contributed by atoms with Crippen molar-refractivity contribution in [2.24, 2.45) is 0 Å². The second-order valence-electron chi connectivity index (χ2n) is 8.93. The second-order valence-corrected chi connectivity index (χ2v) is 11.1. The van der Waals surface area contributed by atoms with E-state index < -0.39 is 0 Å². The highest BCUT2D eigenvalue weighted by Crippen LogP contribution is 2.45. The summed E-state index contributed by atoms with van der Waals surface area (Å²) in [6.45, 7) is 8.65. The molecule has 174 valence electrons. The lowest BCUT2D eigenvalue weighted by Gasteiger charge is -2.13. The van der Waals surface area contributed by atoms with E-state index >= 15 is 0 Å². The predicted octanol–water partition coefficient (Wildman–Crippen LogP) is 4.37. The van der Waals surface area contributed by atoms with Crippen molar-refractivity contribution in [3.63, 3.8) is 0 Å². The molecule has 0 saturated heterocycles. The van der Waals surface area contributed by atoms with Crippen molar-refractivity contribution < 1.29 is 4.79 Å². The summed E-state index contributed by atoms with van der Waals surface area (Å²) in [5, 5.41) is 15.3. The quantitative estimate of drug-likeness (QED) is 0.403. The van der Waals surface area contributed by atoms with Gasteiger partial charge in [-0.25, -0.2) is 4.98 Å². The number of hydrogen-bond donors (Lipinski definition) is 4. The maximum atomic E-state index is 12.7. The summed E-state index contributed by atoms with van der Waals surface area (Å²) in [5.74, 6) is 0.0530. The molecule has 2 aliphatic rings. The van der Waals surface area contributed by atoms with Crippen LogP contribution in [0.3, 0.4) is 0 Å². The molecule has 4 N–H and O–H groups in total. The molecule has 0 fully saturated rings. The number of hydrogen-bond acceptors (Lipinski definition) is 7. The molecule has 0 radical (unpaired) electrons. The lowest BCUT2D eigenvalue weighted by molar-refractivity contribution is -0.116. The van der Waals surface area contributed by atoms with Crippen molar-refractivity contribution in [1.29, 1.82) is 0 Å². The van der Waals surface area contributed by atoms with Gasteiger partial charge in [-0.2, -0.15) is 0 Å². The van der Waals surface area contributed by atoms with Gasteiger partial charge in [0.15, 0.2) is 0 Å². The van der Waals surface area contributed by atoms with Crippen LogP contribution >= 0.6 is 22.7 Å². The van der Waals surface area contributed by atoms with E-state index in [9.17, 15) is 4.79 Å². The molecule has 33 heavy (non-hydrogen) atoms. The highest BCUT2D eigenvalue weighted by Gasteiger charge is 2.25. The Hall–Kier alpha value is -2.10. The molecule has 1 aromatic carbocycles. The Morgan fingerprint density at radius 3 is 2.88 bits per heavy atom. The Morgan fingerprint density at radius 1 is 1.18 bits per heavy atom. The molecule has 6 nitrogen and oxygen atoms in total. The summed E-state index contributed by atoms with van der Waals surface area (Å²) in [5.41, 5.74) is 6.20. The molecule has 0 aliphatic carbocycles. The van der Waals surface area contributed by atoms with Gasteiger partial charge in [-0.15, -0.1) is 22.7 Å². The van der Waals surface area contributed by atoms with E-state index in [2.05, 4.69) is 59.4 Å². The van der Waals surface area contributed by atoms with Crippen molar-refractivity contribution in [3.8, 4) is 10.6 Å². The topological polar surface area (TPSA) is 78.1 Å². The minimum absolute atomic E-state index is 0.0530. The first-order chi connectivity index (χ1) is 16.1. The number of carbonyl (C=O) groups is 1. The number of rotatable bonds is 7. The maximum Gasteiger partial charge on any atom is 0.226 e. The molecule has 0 saturated carbocycles. The van der Waals surface area contributed by atoms with Gasteiger partial charge in [0.25, 0.3) is 0 Å². The average molecular weight is 482 g/mol. The summed E-state index contributed by atoms with van der Waals surface area (Å²) >= 11 is 3.43. The fourth-order valence-electron chi connectivity index (χ4n) is 4.43. The van der Waals surface area contributed by atoms with Crippen LogP contribution in [0, 0.1) is 0 Å². The van der Waals surface area contributed by atoms with Crippen LogP contribution < -0.4 is 21.3 Å². The summed E-state index contributed by atoms with van der Waals surface area (Å²) in [4.78, 5) is 19.0. The van der Waals surface area contributed by atoms with Crippen LogP contribution in [0.1, 0.15) is 42.7 Å². The molecular formula is C25H31N5OS2. The number of thiazole rings is 1. The monoisotopic (exact) mass is 481 g/mol. The van der Waals surface area contributed by atoms with Crippen molar-refractivity contribution >= 4 is 49.4 Å². The third kappa shape index (κ3) is 5.05. The minimum atomic E-state index is 0.0530. The second kappa shape index (κ2) is 10.0. The van der Waals surface area contributed by atoms with E-state index in [0.29, 0.717) is 19.0 Å². The number of anilines is 1. The molecule has 0 atom stereocenters. The Labute approximate surface area is 202 Å². The van der Waals surface area contributed by atoms with Gasteiger partial charge in [0, 0.05) is 42.5 Å². The number of thiophene rings is 1. The third-order valence-electron chi connectivity index (χ3n) is 6.12. The molecule has 0 spiro atoms. The van der Waals surface area contributed by atoms with Crippen LogP contribution in [0.15, 0.2) is 24.3 Å². The van der Waals surface area contributed by atoms with Gasteiger partial charge in [-0.3, -0.25) is 4.79 Å². The van der Waals surface area contributed by atoms with Gasteiger partial charge in [-0.05, 0) is 54.8 Å². The average Bonchev–Trinajstić information content (AvgIpc) is 3.39. The normalized spacial score (nSPS) is 16.2. The van der Waals surface area contributed by atoms with Crippen LogP contribution in [0.4, 0.5) is 5.00 Å². The van der Waals surface area contributed by atoms with Crippen molar-refractivity contribution in [2.45, 2.75) is 45.7 Å². The fraction of sp³-hybridized carbons (Fsp3) is 0.440.